The predicted molar refractivity (Wildman–Crippen MR) is 241 cm³/mol. The summed E-state index contributed by atoms with van der Waals surface area (Å²) in [5.41, 5.74) is 10.5. The third kappa shape index (κ3) is 7.06. The van der Waals surface area contributed by atoms with E-state index in [0.717, 1.165) is 17.5 Å². The Bertz CT molecular complexity index is 2600. The van der Waals surface area contributed by atoms with E-state index in [9.17, 15) is 0 Å². The number of benzene rings is 4. The predicted octanol–water partition coefficient (Wildman–Crippen LogP) is 12.3. The van der Waals surface area contributed by atoms with Crippen LogP contribution in [0.3, 0.4) is 0 Å². The van der Waals surface area contributed by atoms with Gasteiger partial charge >= 0.3 is 325 Å². The molecule has 0 unspecified atom stereocenters. The molecule has 0 saturated carbocycles. The summed E-state index contributed by atoms with van der Waals surface area (Å²) in [5, 5.41) is 5.13. The first-order chi connectivity index (χ1) is 27.5. The van der Waals surface area contributed by atoms with E-state index in [1.807, 2.05) is 29.3 Å². The van der Waals surface area contributed by atoms with E-state index in [2.05, 4.69) is 172 Å². The van der Waals surface area contributed by atoms with Crippen molar-refractivity contribution in [3.8, 4) is 25.3 Å². The van der Waals surface area contributed by atoms with Gasteiger partial charge in [-0.15, -0.1) is 0 Å². The molecule has 4 aromatic carbocycles. The Kier molecular flexibility index (Phi) is 11.9. The Morgan fingerprint density at radius 1 is 0.732 bits per heavy atom. The van der Waals surface area contributed by atoms with Crippen molar-refractivity contribution in [3.63, 3.8) is 0 Å². The van der Waals surface area contributed by atoms with Gasteiger partial charge in [-0.25, -0.2) is 0 Å². The molecule has 279 valence electrons. The monoisotopic (exact) mass is 980 g/mol. The fraction of sp³-hybridized carbons (Fsp3) is 0.146. The summed E-state index contributed by atoms with van der Waals surface area (Å²) in [6, 6.07) is 42.4. The molecule has 0 bridgehead atoms. The van der Waals surface area contributed by atoms with Crippen LogP contribution in [0.15, 0.2) is 150 Å². The topological polar surface area (TPSA) is 35.0 Å². The molecule has 1 aliphatic rings. The van der Waals surface area contributed by atoms with E-state index >= 15 is 0 Å². The zero-order chi connectivity index (χ0) is 38.6. The zero-order valence-corrected chi connectivity index (χ0v) is 37.6. The number of hydrogen-bond acceptors (Lipinski definition) is 6. The Hall–Kier alpha value is -4.13. The van der Waals surface area contributed by atoms with Gasteiger partial charge in [0.25, 0.3) is 0 Å². The summed E-state index contributed by atoms with van der Waals surface area (Å²) in [7, 11) is -2.48. The van der Waals surface area contributed by atoms with Crippen LogP contribution in [0, 0.1) is 18.2 Å². The number of nitrogens with zero attached hydrogens (tertiary/aromatic N) is 2. The first-order valence-electron chi connectivity index (χ1n) is 18.7. The average molecular weight is 979 g/mol. The first-order valence-corrected chi connectivity index (χ1v) is 24.1. The fourth-order valence-corrected chi connectivity index (χ4v) is 16.4. The molecule has 0 aliphatic carbocycles. The van der Waals surface area contributed by atoms with Crippen molar-refractivity contribution < 1.29 is 22.7 Å². The van der Waals surface area contributed by atoms with Crippen LogP contribution in [0.2, 0.25) is 0 Å². The molecule has 1 saturated heterocycles. The van der Waals surface area contributed by atoms with Crippen molar-refractivity contribution in [1.82, 2.24) is 8.75 Å². The molecule has 8 heteroatoms. The Morgan fingerprint density at radius 2 is 1.27 bits per heavy atom. The van der Waals surface area contributed by atoms with Crippen LogP contribution in [-0.4, -0.2) is 22.0 Å². The SMILES string of the molecule is C/C=C/c1ccc(-c2c(C)c(C)c(-c3ccc(C(C=C4COCC4=CCC)=C([C]#[Os])[P+](c4ccccc4)(c4ccccc4)c4ccccc4)s3)c3nsnc23)s1. The van der Waals surface area contributed by atoms with Gasteiger partial charge in [-0.3, -0.25) is 0 Å². The fourth-order valence-electron chi connectivity index (χ4n) is 7.74. The van der Waals surface area contributed by atoms with E-state index in [0.29, 0.717) is 13.2 Å². The van der Waals surface area contributed by atoms with Crippen LogP contribution in [0.4, 0.5) is 0 Å². The van der Waals surface area contributed by atoms with Gasteiger partial charge in [0.2, 0.25) is 0 Å². The molecule has 7 aromatic rings. The Labute approximate surface area is 352 Å². The number of aromatic nitrogens is 2. The average Bonchev–Trinajstić information content (AvgIpc) is 4.08. The number of ether oxygens (including phenoxy) is 1. The molecule has 3 nitrogen and oxygen atoms in total. The van der Waals surface area contributed by atoms with Gasteiger partial charge in [0, 0.05) is 4.88 Å². The van der Waals surface area contributed by atoms with Crippen LogP contribution >= 0.6 is 41.7 Å². The molecule has 3 aromatic heterocycles. The number of thiophene rings is 2. The van der Waals surface area contributed by atoms with Crippen LogP contribution in [0.25, 0.3) is 43.6 Å². The van der Waals surface area contributed by atoms with Gasteiger partial charge in [0.1, 0.15) is 0 Å². The van der Waals surface area contributed by atoms with Gasteiger partial charge < -0.3 is 0 Å². The van der Waals surface area contributed by atoms with Crippen LogP contribution in [-0.2, 0) is 22.7 Å². The second-order valence-electron chi connectivity index (χ2n) is 13.7. The summed E-state index contributed by atoms with van der Waals surface area (Å²) in [6.45, 7) is 9.98. The minimum atomic E-state index is -2.48. The van der Waals surface area contributed by atoms with Crippen molar-refractivity contribution >= 4 is 80.3 Å². The molecule has 4 heterocycles. The quantitative estimate of drug-likeness (QED) is 0.128. The van der Waals surface area contributed by atoms with Crippen LogP contribution in [0.5, 0.6) is 0 Å². The van der Waals surface area contributed by atoms with Crippen molar-refractivity contribution in [2.45, 2.75) is 34.1 Å². The first kappa shape index (κ1) is 38.7. The molecule has 8 rings (SSSR count). The van der Waals surface area contributed by atoms with Crippen LogP contribution in [0.1, 0.15) is 41.1 Å². The zero-order valence-electron chi connectivity index (χ0n) is 31.7. The molecule has 0 radical (unpaired) electrons. The summed E-state index contributed by atoms with van der Waals surface area (Å²) < 4.78 is 20.0. The molecule has 0 spiro atoms. The third-order valence-corrected chi connectivity index (χ3v) is 18.5. The molecule has 0 atom stereocenters. The standard InChI is InChI=1S/C48H41N2OPS3.Os/c1-6-17-35-30-51-31-36(35)29-41(34(5)52(37-19-11-8-12-20-37,38-21-13-9-14-22-38)39-23-15-10-16-24-39)42-27-28-44(54-42)46-33(4)32(3)45(47-48(46)50-55-49-47)43-26-25-40(53-43)18-7-2;/h7-29H,6,30-31H2,1-4H3;/q+1;/b18-7+,35-17?,36-29?,41-34?;. The maximum atomic E-state index is 6.14. The third-order valence-electron chi connectivity index (χ3n) is 10.4. The van der Waals surface area contributed by atoms with Gasteiger partial charge in [-0.1, -0.05) is 6.08 Å². The van der Waals surface area contributed by atoms with Crippen molar-refractivity contribution in [1.29, 1.82) is 0 Å². The maximum absolute atomic E-state index is 6.14. The van der Waals surface area contributed by atoms with E-state index in [1.54, 1.807) is 11.3 Å². The number of fused-ring (bicyclic) bond motifs is 1. The van der Waals surface area contributed by atoms with Gasteiger partial charge in [-0.05, 0) is 19.1 Å². The van der Waals surface area contributed by atoms with Crippen molar-refractivity contribution in [2.24, 2.45) is 0 Å². The van der Waals surface area contributed by atoms with E-state index in [-0.39, 0.29) is 0 Å². The van der Waals surface area contributed by atoms with E-state index in [4.69, 9.17) is 13.5 Å². The number of allylic oxidation sites excluding steroid dienone is 5. The molecule has 56 heavy (non-hydrogen) atoms. The Morgan fingerprint density at radius 3 is 1.80 bits per heavy atom. The van der Waals surface area contributed by atoms with E-state index in [1.165, 1.54) is 91.4 Å². The van der Waals surface area contributed by atoms with Crippen molar-refractivity contribution in [2.75, 3.05) is 13.2 Å². The van der Waals surface area contributed by atoms with Crippen LogP contribution < -0.4 is 15.9 Å². The molecule has 0 N–H and O–H groups in total. The molecule has 0 amide bonds. The van der Waals surface area contributed by atoms with E-state index < -0.39 is 7.26 Å². The molecule has 1 aliphatic heterocycles. The molecular weight excluding hydrogens is 938 g/mol. The van der Waals surface area contributed by atoms with Gasteiger partial charge in [0.15, 0.2) is 0 Å². The number of rotatable bonds is 10. The van der Waals surface area contributed by atoms with Gasteiger partial charge in [-0.2, -0.15) is 0 Å². The summed E-state index contributed by atoms with van der Waals surface area (Å²) in [4.78, 5) is 4.85. The second kappa shape index (κ2) is 17.2. The molecule has 1 fully saturated rings. The van der Waals surface area contributed by atoms with Gasteiger partial charge in [0.05, 0.1) is 0 Å². The minimum absolute atomic E-state index is 0.587. The molecular formula is C48H41N2OOsPS3+. The van der Waals surface area contributed by atoms with Crippen molar-refractivity contribution in [3.05, 3.63) is 171 Å². The summed E-state index contributed by atoms with van der Waals surface area (Å²) in [5.74, 6) is 0. The number of hydrogen-bond donors (Lipinski definition) is 0. The normalized spacial score (nSPS) is 15.3. The second-order valence-corrected chi connectivity index (χ2v) is 20.4. The Balaban J connectivity index is 1.42. The summed E-state index contributed by atoms with van der Waals surface area (Å²) >= 11 is 6.78. The summed E-state index contributed by atoms with van der Waals surface area (Å²) in [6.07, 6.45) is 9.96.